The Kier molecular flexibility index (Phi) is 2.83. The van der Waals surface area contributed by atoms with Gasteiger partial charge in [-0.05, 0) is 38.0 Å². The molecule has 0 aromatic carbocycles. The van der Waals surface area contributed by atoms with E-state index >= 15 is 0 Å². The number of hydrogen-bond donors (Lipinski definition) is 0. The molecule has 3 nitrogen and oxygen atoms in total. The van der Waals surface area contributed by atoms with Gasteiger partial charge >= 0.3 is 5.97 Å². The molecule has 3 heteroatoms. The van der Waals surface area contributed by atoms with E-state index in [0.717, 1.165) is 19.3 Å². The molecule has 0 N–H and O–H groups in total. The van der Waals surface area contributed by atoms with E-state index < -0.39 is 0 Å². The monoisotopic (exact) mass is 210 g/mol. The molecule has 2 bridgehead atoms. The van der Waals surface area contributed by atoms with Gasteiger partial charge in [-0.15, -0.1) is 0 Å². The van der Waals surface area contributed by atoms with Crippen molar-refractivity contribution in [3.63, 3.8) is 0 Å². The summed E-state index contributed by atoms with van der Waals surface area (Å²) in [6.07, 6.45) is 3.63. The summed E-state index contributed by atoms with van der Waals surface area (Å²) in [6.45, 7) is 5.28. The Labute approximate surface area is 90.4 Å². The van der Waals surface area contributed by atoms with Crippen molar-refractivity contribution in [2.75, 3.05) is 7.11 Å². The predicted octanol–water partition coefficient (Wildman–Crippen LogP) is 1.92. The van der Waals surface area contributed by atoms with Gasteiger partial charge in [0.05, 0.1) is 6.10 Å². The van der Waals surface area contributed by atoms with Crippen molar-refractivity contribution >= 4 is 5.97 Å². The second-order valence-electron chi connectivity index (χ2n) is 4.73. The van der Waals surface area contributed by atoms with Gasteiger partial charge in [0.15, 0.2) is 0 Å². The zero-order valence-electron chi connectivity index (χ0n) is 9.36. The van der Waals surface area contributed by atoms with Gasteiger partial charge in [-0.1, -0.05) is 6.58 Å². The normalized spacial score (nSPS) is 38.0. The number of ether oxygens (including phenoxy) is 2. The Balaban J connectivity index is 1.89. The summed E-state index contributed by atoms with van der Waals surface area (Å²) in [5.74, 6) is 0.840. The molecule has 0 aliphatic heterocycles. The van der Waals surface area contributed by atoms with Crippen LogP contribution in [0.5, 0.6) is 0 Å². The van der Waals surface area contributed by atoms with Crippen molar-refractivity contribution in [3.05, 3.63) is 12.2 Å². The van der Waals surface area contributed by atoms with Crippen LogP contribution >= 0.6 is 0 Å². The number of esters is 1. The molecule has 2 aliphatic rings. The SMILES string of the molecule is C=C(C)C(=O)OC1CC2CC1CC2OC. The Bertz CT molecular complexity index is 285. The fourth-order valence-corrected chi connectivity index (χ4v) is 2.84. The highest BCUT2D eigenvalue weighted by molar-refractivity contribution is 5.87. The Hall–Kier alpha value is -0.830. The standard InChI is InChI=1S/C12H18O3/c1-7(2)12(13)15-11-6-8-4-9(11)5-10(8)14-3/h8-11H,1,4-6H2,2-3H3. The first-order valence-corrected chi connectivity index (χ1v) is 5.51. The molecule has 2 aliphatic carbocycles. The molecule has 0 radical (unpaired) electrons. The van der Waals surface area contributed by atoms with E-state index in [0.29, 0.717) is 23.5 Å². The van der Waals surface area contributed by atoms with Gasteiger partial charge in [0.1, 0.15) is 6.10 Å². The number of hydrogen-bond acceptors (Lipinski definition) is 3. The summed E-state index contributed by atoms with van der Waals surface area (Å²) >= 11 is 0. The number of carbonyl (C=O) groups excluding carboxylic acids is 1. The number of carbonyl (C=O) groups is 1. The fourth-order valence-electron chi connectivity index (χ4n) is 2.84. The van der Waals surface area contributed by atoms with Crippen molar-refractivity contribution < 1.29 is 14.3 Å². The van der Waals surface area contributed by atoms with E-state index in [1.165, 1.54) is 0 Å². The van der Waals surface area contributed by atoms with Gasteiger partial charge < -0.3 is 9.47 Å². The Morgan fingerprint density at radius 2 is 1.80 bits per heavy atom. The average Bonchev–Trinajstić information content (AvgIpc) is 2.75. The summed E-state index contributed by atoms with van der Waals surface area (Å²) < 4.78 is 10.8. The van der Waals surface area contributed by atoms with Crippen molar-refractivity contribution in [2.45, 2.75) is 38.4 Å². The summed E-state index contributed by atoms with van der Waals surface area (Å²) in [5, 5.41) is 0. The maximum absolute atomic E-state index is 11.4. The largest absolute Gasteiger partial charge is 0.459 e. The average molecular weight is 210 g/mol. The van der Waals surface area contributed by atoms with E-state index in [1.54, 1.807) is 14.0 Å². The van der Waals surface area contributed by atoms with E-state index in [9.17, 15) is 4.79 Å². The van der Waals surface area contributed by atoms with Crippen molar-refractivity contribution in [3.8, 4) is 0 Å². The Morgan fingerprint density at radius 3 is 2.27 bits per heavy atom. The quantitative estimate of drug-likeness (QED) is 0.527. The number of rotatable bonds is 3. The third-order valence-corrected chi connectivity index (χ3v) is 3.64. The van der Waals surface area contributed by atoms with Crippen molar-refractivity contribution in [1.29, 1.82) is 0 Å². The van der Waals surface area contributed by atoms with Crippen molar-refractivity contribution in [2.24, 2.45) is 11.8 Å². The van der Waals surface area contributed by atoms with Crippen LogP contribution < -0.4 is 0 Å². The van der Waals surface area contributed by atoms with E-state index in [2.05, 4.69) is 6.58 Å². The van der Waals surface area contributed by atoms with Gasteiger partial charge in [-0.25, -0.2) is 4.79 Å². The molecule has 2 saturated carbocycles. The number of fused-ring (bicyclic) bond motifs is 2. The molecule has 2 rings (SSSR count). The molecule has 0 aromatic rings. The molecule has 0 saturated heterocycles. The molecule has 0 spiro atoms. The topological polar surface area (TPSA) is 35.5 Å². The zero-order chi connectivity index (χ0) is 11.0. The van der Waals surface area contributed by atoms with Gasteiger partial charge in [0, 0.05) is 12.7 Å². The molecule has 84 valence electrons. The van der Waals surface area contributed by atoms with Crippen LogP contribution in [0.25, 0.3) is 0 Å². The van der Waals surface area contributed by atoms with Crippen LogP contribution in [0.2, 0.25) is 0 Å². The van der Waals surface area contributed by atoms with Crippen LogP contribution in [0, 0.1) is 11.8 Å². The highest BCUT2D eigenvalue weighted by atomic mass is 16.5. The lowest BCUT2D eigenvalue weighted by Crippen LogP contribution is -2.30. The van der Waals surface area contributed by atoms with Gasteiger partial charge in [-0.2, -0.15) is 0 Å². The molecule has 0 amide bonds. The van der Waals surface area contributed by atoms with Crippen LogP contribution in [0.4, 0.5) is 0 Å². The summed E-state index contributed by atoms with van der Waals surface area (Å²) in [7, 11) is 1.76. The highest BCUT2D eigenvalue weighted by Gasteiger charge is 2.47. The molecule has 0 heterocycles. The van der Waals surface area contributed by atoms with Crippen LogP contribution in [0.15, 0.2) is 12.2 Å². The summed E-state index contributed by atoms with van der Waals surface area (Å²) in [5.41, 5.74) is 0.487. The number of methoxy groups -OCH3 is 1. The zero-order valence-corrected chi connectivity index (χ0v) is 9.36. The maximum Gasteiger partial charge on any atom is 0.333 e. The van der Waals surface area contributed by atoms with Crippen LogP contribution in [0.1, 0.15) is 26.2 Å². The summed E-state index contributed by atoms with van der Waals surface area (Å²) in [6, 6.07) is 0. The minimum atomic E-state index is -0.249. The first-order chi connectivity index (χ1) is 7.11. The highest BCUT2D eigenvalue weighted by Crippen LogP contribution is 2.47. The lowest BCUT2D eigenvalue weighted by molar-refractivity contribution is -0.147. The third kappa shape index (κ3) is 1.93. The molecule has 15 heavy (non-hydrogen) atoms. The van der Waals surface area contributed by atoms with Gasteiger partial charge in [0.25, 0.3) is 0 Å². The predicted molar refractivity (Wildman–Crippen MR) is 56.3 cm³/mol. The van der Waals surface area contributed by atoms with E-state index in [-0.39, 0.29) is 12.1 Å². The van der Waals surface area contributed by atoms with Gasteiger partial charge in [-0.3, -0.25) is 0 Å². The lowest BCUT2D eigenvalue weighted by atomic mass is 9.95. The molecule has 4 unspecified atom stereocenters. The second-order valence-corrected chi connectivity index (χ2v) is 4.73. The minimum Gasteiger partial charge on any atom is -0.459 e. The maximum atomic E-state index is 11.4. The van der Waals surface area contributed by atoms with Crippen molar-refractivity contribution in [1.82, 2.24) is 0 Å². The second kappa shape index (κ2) is 3.97. The Morgan fingerprint density at radius 1 is 1.20 bits per heavy atom. The lowest BCUT2D eigenvalue weighted by Gasteiger charge is -2.26. The fraction of sp³-hybridized carbons (Fsp3) is 0.750. The smallest absolute Gasteiger partial charge is 0.333 e. The molecule has 4 atom stereocenters. The van der Waals surface area contributed by atoms with Crippen LogP contribution in [-0.2, 0) is 14.3 Å². The molecule has 0 aromatic heterocycles. The first kappa shape index (κ1) is 10.7. The molecular formula is C12H18O3. The van der Waals surface area contributed by atoms with Crippen LogP contribution in [0.3, 0.4) is 0 Å². The minimum absolute atomic E-state index is 0.102. The molecule has 2 fully saturated rings. The van der Waals surface area contributed by atoms with Gasteiger partial charge in [0.2, 0.25) is 0 Å². The molecular weight excluding hydrogens is 192 g/mol. The van der Waals surface area contributed by atoms with Crippen LogP contribution in [-0.4, -0.2) is 25.3 Å². The first-order valence-electron chi connectivity index (χ1n) is 5.51. The summed E-state index contributed by atoms with van der Waals surface area (Å²) in [4.78, 5) is 11.4. The van der Waals surface area contributed by atoms with E-state index in [1.807, 2.05) is 0 Å². The van der Waals surface area contributed by atoms with E-state index in [4.69, 9.17) is 9.47 Å². The third-order valence-electron chi connectivity index (χ3n) is 3.64.